The molecule has 7 atom stereocenters. The van der Waals surface area contributed by atoms with Gasteiger partial charge in [-0.25, -0.2) is 22.8 Å². The van der Waals surface area contributed by atoms with Crippen molar-refractivity contribution in [1.82, 2.24) is 16.6 Å². The van der Waals surface area contributed by atoms with Gasteiger partial charge in [-0.15, -0.1) is 13.4 Å². The van der Waals surface area contributed by atoms with Crippen molar-refractivity contribution in [3.05, 3.63) is 0 Å². The molecule has 32 heteroatoms. The minimum absolute atomic E-state index is 0.395. The lowest BCUT2D eigenvalue weighted by molar-refractivity contribution is 0.0646. The highest BCUT2D eigenvalue weighted by Crippen LogP contribution is 2.48. The van der Waals surface area contributed by atoms with Crippen LogP contribution in [0.1, 0.15) is 0 Å². The maximum absolute atomic E-state index is 12.7. The average Bonchev–Trinajstić information content (AvgIpc) is 2.98. The fourth-order valence-electron chi connectivity index (χ4n) is 2.60. The van der Waals surface area contributed by atoms with Gasteiger partial charge in [-0.3, -0.25) is 40.7 Å². The first kappa shape index (κ1) is 48.2. The number of halogens is 3. The summed E-state index contributed by atoms with van der Waals surface area (Å²) in [5.41, 5.74) is 3.56. The lowest BCUT2D eigenvalue weighted by Gasteiger charge is -2.20. The molecule has 0 saturated carbocycles. The van der Waals surface area contributed by atoms with Gasteiger partial charge in [0.05, 0.1) is 59.5 Å². The zero-order valence-corrected chi connectivity index (χ0v) is 29.1. The Bertz CT molecular complexity index is 1130. The molecule has 0 aromatic heterocycles. The van der Waals surface area contributed by atoms with Gasteiger partial charge in [0.15, 0.2) is 0 Å². The molecule has 0 aromatic carbocycles. The van der Waals surface area contributed by atoms with E-state index in [1.807, 2.05) is 0 Å². The van der Waals surface area contributed by atoms with Crippen molar-refractivity contribution in [2.45, 2.75) is 0 Å². The molecule has 0 aromatic rings. The fraction of sp³-hybridized carbons (Fsp3) is 1.00. The molecule has 0 saturated heterocycles. The van der Waals surface area contributed by atoms with Crippen LogP contribution in [0.5, 0.6) is 0 Å². The van der Waals surface area contributed by atoms with Gasteiger partial charge in [0.2, 0.25) is 0 Å². The van der Waals surface area contributed by atoms with Gasteiger partial charge in [0, 0.05) is 44.0 Å². The van der Waals surface area contributed by atoms with Gasteiger partial charge in [0.1, 0.15) is 0 Å². The van der Waals surface area contributed by atoms with Crippen LogP contribution in [0.4, 0.5) is 13.4 Å². The number of phosphoric acid groups is 5. The molecular weight excluding hydrogens is 782 g/mol. The number of phosphoric ester groups is 5. The Balaban J connectivity index is 4.58. The third kappa shape index (κ3) is 26.9. The molecule has 0 aliphatic heterocycles. The highest BCUT2D eigenvalue weighted by atomic mass is 31.2. The Morgan fingerprint density at radius 2 is 0.688 bits per heavy atom. The van der Waals surface area contributed by atoms with Gasteiger partial charge >= 0.3 is 39.1 Å². The van der Waals surface area contributed by atoms with E-state index in [-0.39, 0.29) is 0 Å². The average molecular weight is 821 g/mol. The van der Waals surface area contributed by atoms with Crippen molar-refractivity contribution >= 4 is 39.1 Å². The van der Waals surface area contributed by atoms with E-state index in [2.05, 4.69) is 40.7 Å². The summed E-state index contributed by atoms with van der Waals surface area (Å²) in [4.78, 5) is 56.0. The first-order chi connectivity index (χ1) is 22.2. The van der Waals surface area contributed by atoms with E-state index in [0.29, 0.717) is 0 Å². The summed E-state index contributed by atoms with van der Waals surface area (Å²) < 4.78 is 136. The van der Waals surface area contributed by atoms with E-state index in [1.165, 1.54) is 11.1 Å². The predicted molar refractivity (Wildman–Crippen MR) is 150 cm³/mol. The van der Waals surface area contributed by atoms with Crippen LogP contribution in [0, 0.1) is 17.8 Å². The number of hydrogen-bond donors (Lipinski definition) is 10. The second kappa shape index (κ2) is 24.4. The van der Waals surface area contributed by atoms with Crippen LogP contribution in [0.2, 0.25) is 0 Å². The molecular formula is C16H39F3N3O21P5. The predicted octanol–water partition coefficient (Wildman–Crippen LogP) is -0.107. The molecule has 0 rings (SSSR count). The summed E-state index contributed by atoms with van der Waals surface area (Å²) in [6.07, 6.45) is 0. The van der Waals surface area contributed by atoms with Crippen LogP contribution in [0.25, 0.3) is 0 Å². The van der Waals surface area contributed by atoms with Gasteiger partial charge < -0.3 is 34.5 Å². The lowest BCUT2D eigenvalue weighted by Crippen LogP contribution is -2.25. The van der Waals surface area contributed by atoms with Crippen LogP contribution >= 0.6 is 39.1 Å². The van der Waals surface area contributed by atoms with Crippen molar-refractivity contribution in [2.75, 3.05) is 85.7 Å². The number of aliphatic hydroxyl groups excluding tert-OH is 1. The molecule has 0 aliphatic rings. The van der Waals surface area contributed by atoms with Gasteiger partial charge in [-0.1, -0.05) is 0 Å². The molecule has 24 nitrogen and oxygen atoms in total. The minimum atomic E-state index is -4.95. The normalized spacial score (nSPS) is 19.5. The molecule has 0 aliphatic carbocycles. The van der Waals surface area contributed by atoms with Gasteiger partial charge in [-0.2, -0.15) is 16.6 Å². The Labute approximate surface area is 270 Å². The standard InChI is InChI=1S/C16H39F3N3O21P5/c17-20-5-14(8-23)9-40-45(27,28)35-1-2-37-47(31,32)42-12-16(7-22-19)13-43-48(33,34)38-4-3-36-46(29,30)41-11-15(6-21-18)10-39-44(24,25)26/h14-16,20-23H,1-13H2,(H,27,28)(H,29,30)(H,31,32)(H,33,34)(H2,24,25,26). The zero-order chi connectivity index (χ0) is 36.9. The summed E-state index contributed by atoms with van der Waals surface area (Å²) in [6.45, 7) is -9.39. The van der Waals surface area contributed by atoms with E-state index in [4.69, 9.17) is 14.9 Å². The Morgan fingerprint density at radius 3 is 0.938 bits per heavy atom. The van der Waals surface area contributed by atoms with Crippen LogP contribution in [0.3, 0.4) is 0 Å². The highest BCUT2D eigenvalue weighted by molar-refractivity contribution is 7.48. The Hall–Kier alpha value is 0.180. The number of nitrogens with one attached hydrogen (secondary N) is 3. The second-order valence-electron chi connectivity index (χ2n) is 8.97. The number of aliphatic hydroxyl groups is 1. The lowest BCUT2D eigenvalue weighted by atomic mass is 10.2. The third-order valence-electron chi connectivity index (χ3n) is 4.91. The van der Waals surface area contributed by atoms with Crippen LogP contribution < -0.4 is 16.6 Å². The van der Waals surface area contributed by atoms with Crippen molar-refractivity contribution in [3.63, 3.8) is 0 Å². The van der Waals surface area contributed by atoms with Crippen molar-refractivity contribution in [3.8, 4) is 0 Å². The molecule has 0 spiro atoms. The quantitative estimate of drug-likeness (QED) is 0.0240. The van der Waals surface area contributed by atoms with E-state index < -0.39 is 143 Å². The summed E-state index contributed by atoms with van der Waals surface area (Å²) in [6, 6.07) is 0. The molecule has 0 radical (unpaired) electrons. The fourth-order valence-corrected chi connectivity index (χ4v) is 6.12. The van der Waals surface area contributed by atoms with E-state index in [1.54, 1.807) is 0 Å². The molecule has 0 amide bonds. The Kier molecular flexibility index (Phi) is 24.5. The molecule has 48 heavy (non-hydrogen) atoms. The summed E-state index contributed by atoms with van der Waals surface area (Å²) in [5.74, 6) is -3.30. The number of rotatable bonds is 32. The summed E-state index contributed by atoms with van der Waals surface area (Å²) >= 11 is 0. The van der Waals surface area contributed by atoms with E-state index in [0.717, 1.165) is 5.54 Å². The third-order valence-corrected chi connectivity index (χ3v) is 9.33. The smallest absolute Gasteiger partial charge is 0.396 e. The first-order valence-corrected chi connectivity index (χ1v) is 20.5. The van der Waals surface area contributed by atoms with Crippen molar-refractivity contribution in [2.24, 2.45) is 17.8 Å². The van der Waals surface area contributed by atoms with Crippen LogP contribution in [-0.2, 0) is 63.5 Å². The largest absolute Gasteiger partial charge is 0.472 e. The van der Waals surface area contributed by atoms with E-state index >= 15 is 0 Å². The summed E-state index contributed by atoms with van der Waals surface area (Å²) in [5, 5.41) is 8.98. The molecule has 0 heterocycles. The highest BCUT2D eigenvalue weighted by Gasteiger charge is 2.30. The zero-order valence-electron chi connectivity index (χ0n) is 24.6. The topological polar surface area (TPSA) is 346 Å². The SMILES string of the molecule is O=P(O)(O)OCC(CNF)COP(=O)(O)OCCOP(=O)(O)OCC(CNF)COP(=O)(O)OCCOP(=O)(O)OCC(CO)CNF. The molecule has 7 unspecified atom stereocenters. The minimum Gasteiger partial charge on any atom is -0.396 e. The maximum Gasteiger partial charge on any atom is 0.472 e. The molecule has 10 N–H and O–H groups in total. The monoisotopic (exact) mass is 821 g/mol. The molecule has 0 bridgehead atoms. The number of hydrogen-bond acceptors (Lipinski definition) is 18. The van der Waals surface area contributed by atoms with Crippen molar-refractivity contribution < 1.29 is 111 Å². The van der Waals surface area contributed by atoms with Crippen LogP contribution in [0.15, 0.2) is 0 Å². The van der Waals surface area contributed by atoms with Crippen LogP contribution in [-0.4, -0.2) is 120 Å². The Morgan fingerprint density at radius 1 is 0.438 bits per heavy atom. The molecule has 290 valence electrons. The van der Waals surface area contributed by atoms with E-state index in [9.17, 15) is 55.8 Å². The molecule has 0 fully saturated rings. The van der Waals surface area contributed by atoms with Gasteiger partial charge in [0.25, 0.3) is 0 Å². The van der Waals surface area contributed by atoms with Crippen molar-refractivity contribution in [1.29, 1.82) is 0 Å². The second-order valence-corrected chi connectivity index (χ2v) is 16.0. The maximum atomic E-state index is 12.7. The first-order valence-electron chi connectivity index (χ1n) is 13.0. The summed E-state index contributed by atoms with van der Waals surface area (Å²) in [7, 11) is -24.4. The van der Waals surface area contributed by atoms with Gasteiger partial charge in [-0.05, 0) is 0 Å².